The van der Waals surface area contributed by atoms with Gasteiger partial charge in [0.05, 0.1) is 12.8 Å². The van der Waals surface area contributed by atoms with Crippen LogP contribution in [0.1, 0.15) is 55.7 Å². The Morgan fingerprint density at radius 3 is 2.46 bits per heavy atom. The number of aliphatic imine (C=N–C) groups is 1. The van der Waals surface area contributed by atoms with Gasteiger partial charge >= 0.3 is 0 Å². The van der Waals surface area contributed by atoms with Crippen LogP contribution < -0.4 is 15.4 Å². The average Bonchev–Trinajstić information content (AvgIpc) is 3.12. The van der Waals surface area contributed by atoms with Crippen molar-refractivity contribution in [2.24, 2.45) is 4.99 Å². The van der Waals surface area contributed by atoms with Crippen LogP contribution in [0.2, 0.25) is 0 Å². The molecule has 2 N–H and O–H groups in total. The van der Waals surface area contributed by atoms with Crippen LogP contribution >= 0.6 is 24.0 Å². The Balaban J connectivity index is 0.00000392. The van der Waals surface area contributed by atoms with Crippen molar-refractivity contribution in [3.8, 4) is 5.75 Å². The number of aromatic nitrogens is 1. The number of benzene rings is 1. The molecule has 0 saturated carbocycles. The van der Waals surface area contributed by atoms with E-state index in [1.54, 1.807) is 14.2 Å². The first-order valence-electron chi connectivity index (χ1n) is 9.67. The molecule has 1 aromatic carbocycles. The van der Waals surface area contributed by atoms with Crippen molar-refractivity contribution in [2.75, 3.05) is 20.7 Å². The van der Waals surface area contributed by atoms with Crippen molar-refractivity contribution in [3.05, 3.63) is 46.8 Å². The molecule has 0 aliphatic heterocycles. The summed E-state index contributed by atoms with van der Waals surface area (Å²) >= 11 is 0. The van der Waals surface area contributed by atoms with Crippen LogP contribution in [0.15, 0.2) is 33.8 Å². The summed E-state index contributed by atoms with van der Waals surface area (Å²) in [5, 5.41) is 10.9. The highest BCUT2D eigenvalue weighted by molar-refractivity contribution is 14.0. The fourth-order valence-corrected chi connectivity index (χ4v) is 3.04. The molecule has 1 unspecified atom stereocenters. The van der Waals surface area contributed by atoms with Gasteiger partial charge < -0.3 is 19.9 Å². The zero-order valence-electron chi connectivity index (χ0n) is 17.5. The second-order valence-corrected chi connectivity index (χ2v) is 6.55. The Morgan fingerprint density at radius 1 is 1.18 bits per heavy atom. The van der Waals surface area contributed by atoms with Crippen molar-refractivity contribution in [2.45, 2.75) is 52.5 Å². The van der Waals surface area contributed by atoms with Gasteiger partial charge in [0, 0.05) is 32.1 Å². The van der Waals surface area contributed by atoms with Crippen molar-refractivity contribution >= 4 is 29.9 Å². The number of ether oxygens (including phenoxy) is 1. The molecule has 2 aromatic rings. The molecule has 0 saturated heterocycles. The lowest BCUT2D eigenvalue weighted by Crippen LogP contribution is -2.37. The summed E-state index contributed by atoms with van der Waals surface area (Å²) in [6, 6.07) is 8.27. The van der Waals surface area contributed by atoms with Gasteiger partial charge in [-0.15, -0.1) is 24.0 Å². The van der Waals surface area contributed by atoms with E-state index < -0.39 is 0 Å². The molecule has 0 spiro atoms. The first-order valence-corrected chi connectivity index (χ1v) is 9.67. The molecule has 1 aromatic heterocycles. The van der Waals surface area contributed by atoms with Crippen molar-refractivity contribution in [1.82, 2.24) is 15.8 Å². The van der Waals surface area contributed by atoms with Gasteiger partial charge in [-0.1, -0.05) is 38.1 Å². The van der Waals surface area contributed by atoms with E-state index in [9.17, 15) is 0 Å². The zero-order chi connectivity index (χ0) is 19.6. The molecule has 0 radical (unpaired) electrons. The smallest absolute Gasteiger partial charge is 0.191 e. The normalized spacial score (nSPS) is 12.2. The highest BCUT2D eigenvalue weighted by atomic mass is 127. The van der Waals surface area contributed by atoms with E-state index in [-0.39, 0.29) is 24.0 Å². The zero-order valence-corrected chi connectivity index (χ0v) is 19.9. The number of hydrogen-bond acceptors (Lipinski definition) is 4. The second kappa shape index (κ2) is 12.6. The molecule has 0 bridgehead atoms. The lowest BCUT2D eigenvalue weighted by molar-refractivity contribution is 0.380. The first-order chi connectivity index (χ1) is 13.1. The highest BCUT2D eigenvalue weighted by Crippen LogP contribution is 2.21. The Bertz CT molecular complexity index is 707. The number of halogens is 1. The lowest BCUT2D eigenvalue weighted by Gasteiger charge is -2.15. The molecule has 7 heteroatoms. The molecule has 0 aliphatic rings. The fraction of sp³-hybridized carbons (Fsp3) is 0.524. The maximum atomic E-state index is 5.42. The summed E-state index contributed by atoms with van der Waals surface area (Å²) in [5.41, 5.74) is 3.47. The number of nitrogens with zero attached hydrogens (tertiary/aromatic N) is 2. The Labute approximate surface area is 185 Å². The van der Waals surface area contributed by atoms with Gasteiger partial charge in [-0.3, -0.25) is 4.99 Å². The van der Waals surface area contributed by atoms with Crippen LogP contribution in [-0.2, 0) is 19.4 Å². The molecular formula is C21H33IN4O2. The van der Waals surface area contributed by atoms with Gasteiger partial charge in [-0.25, -0.2) is 0 Å². The van der Waals surface area contributed by atoms with Gasteiger partial charge in [0.2, 0.25) is 0 Å². The predicted molar refractivity (Wildman–Crippen MR) is 125 cm³/mol. The summed E-state index contributed by atoms with van der Waals surface area (Å²) < 4.78 is 10.6. The number of hydrogen-bond donors (Lipinski definition) is 2. The van der Waals surface area contributed by atoms with E-state index in [4.69, 9.17) is 9.26 Å². The standard InChI is InChI=1S/C21H32N4O2.HI/c1-6-19-18(20(7-2)27-25-19)14-24-21(22-4)23-13-12-15(3)16-8-10-17(26-5)11-9-16;/h8-11,15H,6-7,12-14H2,1-5H3,(H2,22,23,24);1H. The predicted octanol–water partition coefficient (Wildman–Crippen LogP) is 4.28. The largest absolute Gasteiger partial charge is 0.497 e. The number of aryl methyl sites for hydroxylation is 2. The third kappa shape index (κ3) is 6.68. The molecule has 156 valence electrons. The van der Waals surface area contributed by atoms with E-state index in [0.29, 0.717) is 12.5 Å². The van der Waals surface area contributed by atoms with Gasteiger partial charge in [-0.05, 0) is 36.5 Å². The lowest BCUT2D eigenvalue weighted by atomic mass is 9.98. The summed E-state index contributed by atoms with van der Waals surface area (Å²) in [5.74, 6) is 3.09. The molecule has 28 heavy (non-hydrogen) atoms. The molecule has 0 aliphatic carbocycles. The van der Waals surface area contributed by atoms with Crippen LogP contribution in [-0.4, -0.2) is 31.8 Å². The van der Waals surface area contributed by atoms with Crippen LogP contribution in [0.5, 0.6) is 5.75 Å². The third-order valence-electron chi connectivity index (χ3n) is 4.82. The number of rotatable bonds is 9. The van der Waals surface area contributed by atoms with E-state index in [1.807, 2.05) is 12.1 Å². The van der Waals surface area contributed by atoms with Crippen molar-refractivity contribution < 1.29 is 9.26 Å². The monoisotopic (exact) mass is 500 g/mol. The van der Waals surface area contributed by atoms with Gasteiger partial charge in [0.25, 0.3) is 0 Å². The molecule has 0 fully saturated rings. The maximum absolute atomic E-state index is 5.42. The number of guanidine groups is 1. The van der Waals surface area contributed by atoms with E-state index in [1.165, 1.54) is 5.56 Å². The Hall–Kier alpha value is -1.77. The number of nitrogens with one attached hydrogen (secondary N) is 2. The van der Waals surface area contributed by atoms with E-state index >= 15 is 0 Å². The molecule has 0 amide bonds. The summed E-state index contributed by atoms with van der Waals surface area (Å²) in [4.78, 5) is 4.32. The number of methoxy groups -OCH3 is 1. The van der Waals surface area contributed by atoms with Gasteiger partial charge in [-0.2, -0.15) is 0 Å². The van der Waals surface area contributed by atoms with Gasteiger partial charge in [0.1, 0.15) is 11.5 Å². The minimum Gasteiger partial charge on any atom is -0.497 e. The van der Waals surface area contributed by atoms with E-state index in [0.717, 1.165) is 54.5 Å². The average molecular weight is 500 g/mol. The van der Waals surface area contributed by atoms with E-state index in [2.05, 4.69) is 53.7 Å². The summed E-state index contributed by atoms with van der Waals surface area (Å²) in [7, 11) is 3.48. The molecule has 1 heterocycles. The van der Waals surface area contributed by atoms with Crippen LogP contribution in [0, 0.1) is 0 Å². The molecule has 1 atom stereocenters. The Morgan fingerprint density at radius 2 is 1.89 bits per heavy atom. The minimum absolute atomic E-state index is 0. The fourth-order valence-electron chi connectivity index (χ4n) is 3.04. The first kappa shape index (κ1) is 24.3. The van der Waals surface area contributed by atoms with Crippen LogP contribution in [0.25, 0.3) is 0 Å². The minimum atomic E-state index is 0. The molecular weight excluding hydrogens is 467 g/mol. The van der Waals surface area contributed by atoms with Crippen LogP contribution in [0.3, 0.4) is 0 Å². The van der Waals surface area contributed by atoms with Crippen LogP contribution in [0.4, 0.5) is 0 Å². The van der Waals surface area contributed by atoms with Crippen molar-refractivity contribution in [3.63, 3.8) is 0 Å². The van der Waals surface area contributed by atoms with Crippen molar-refractivity contribution in [1.29, 1.82) is 0 Å². The maximum Gasteiger partial charge on any atom is 0.191 e. The molecule has 6 nitrogen and oxygen atoms in total. The Kier molecular flexibility index (Phi) is 11.0. The van der Waals surface area contributed by atoms with Gasteiger partial charge in [0.15, 0.2) is 5.96 Å². The summed E-state index contributed by atoms with van der Waals surface area (Å²) in [6.07, 6.45) is 2.72. The highest BCUT2D eigenvalue weighted by Gasteiger charge is 2.13. The topological polar surface area (TPSA) is 71.7 Å². The quantitative estimate of drug-likeness (QED) is 0.306. The molecule has 2 rings (SSSR count). The third-order valence-corrected chi connectivity index (χ3v) is 4.82. The second-order valence-electron chi connectivity index (χ2n) is 6.55. The SMILES string of the molecule is CCc1noc(CC)c1CNC(=NC)NCCC(C)c1ccc(OC)cc1.I. The summed E-state index contributed by atoms with van der Waals surface area (Å²) in [6.45, 7) is 7.92.